The van der Waals surface area contributed by atoms with E-state index in [0.717, 1.165) is 0 Å². The van der Waals surface area contributed by atoms with E-state index in [1.54, 1.807) is 28.1 Å². The number of ether oxygens (including phenoxy) is 7. The second-order valence-corrected chi connectivity index (χ2v) is 6.87. The molecule has 0 heterocycles. The summed E-state index contributed by atoms with van der Waals surface area (Å²) < 4.78 is 36.2. The van der Waals surface area contributed by atoms with E-state index >= 15 is 0 Å². The summed E-state index contributed by atoms with van der Waals surface area (Å²) in [4.78, 5) is 24.4. The van der Waals surface area contributed by atoms with Gasteiger partial charge < -0.3 is 38.3 Å². The van der Waals surface area contributed by atoms with Crippen LogP contribution in [-0.2, 0) is 42.7 Å². The van der Waals surface area contributed by atoms with Crippen LogP contribution in [0.3, 0.4) is 0 Å². The van der Waals surface area contributed by atoms with Gasteiger partial charge in [0.25, 0.3) is 0 Å². The van der Waals surface area contributed by atoms with Crippen molar-refractivity contribution in [3.63, 3.8) is 0 Å². The lowest BCUT2D eigenvalue weighted by molar-refractivity contribution is -0.137. The van der Waals surface area contributed by atoms with Crippen molar-refractivity contribution in [1.29, 1.82) is 0 Å². The summed E-state index contributed by atoms with van der Waals surface area (Å²) >= 11 is 0. The lowest BCUT2D eigenvalue weighted by atomic mass is 9.98. The van der Waals surface area contributed by atoms with Crippen molar-refractivity contribution in [1.82, 2.24) is 0 Å². The molecule has 0 radical (unpaired) electrons. The van der Waals surface area contributed by atoms with Crippen molar-refractivity contribution in [3.05, 3.63) is 37.0 Å². The van der Waals surface area contributed by atoms with Crippen LogP contribution in [0.25, 0.3) is 0 Å². The number of aliphatic hydroxyl groups excluding tert-OH is 1. The lowest BCUT2D eigenvalue weighted by Gasteiger charge is -2.20. The molecule has 0 aromatic heterocycles. The van der Waals surface area contributed by atoms with E-state index in [-0.39, 0.29) is 26.0 Å². The molecule has 0 spiro atoms. The van der Waals surface area contributed by atoms with Crippen molar-refractivity contribution in [2.45, 2.75) is 32.2 Å². The number of carbonyl (C=O) groups is 2. The van der Waals surface area contributed by atoms with Crippen LogP contribution in [0.5, 0.6) is 0 Å². The molecule has 1 N–H and O–H groups in total. The molecule has 0 aliphatic rings. The van der Waals surface area contributed by atoms with Gasteiger partial charge in [0.05, 0.1) is 38.6 Å². The molecule has 190 valence electrons. The third kappa shape index (κ3) is 16.4. The zero-order valence-electron chi connectivity index (χ0n) is 20.0. The van der Waals surface area contributed by atoms with Crippen LogP contribution in [0.4, 0.5) is 0 Å². The number of esters is 1. The van der Waals surface area contributed by atoms with Gasteiger partial charge in [-0.3, -0.25) is 4.79 Å². The van der Waals surface area contributed by atoms with Gasteiger partial charge in [0.15, 0.2) is 5.78 Å². The second-order valence-electron chi connectivity index (χ2n) is 6.87. The molecule has 0 aromatic carbocycles. The van der Waals surface area contributed by atoms with Crippen LogP contribution in [0.1, 0.15) is 13.8 Å². The van der Waals surface area contributed by atoms with Crippen LogP contribution < -0.4 is 0 Å². The smallest absolute Gasteiger partial charge is 0.330 e. The molecule has 10 nitrogen and oxygen atoms in total. The van der Waals surface area contributed by atoms with Gasteiger partial charge in [-0.2, -0.15) is 0 Å². The van der Waals surface area contributed by atoms with Crippen molar-refractivity contribution in [2.75, 3.05) is 60.8 Å². The first-order chi connectivity index (χ1) is 15.9. The Morgan fingerprint density at radius 2 is 1.42 bits per heavy atom. The van der Waals surface area contributed by atoms with Crippen molar-refractivity contribution >= 4 is 11.8 Å². The Kier molecular flexibility index (Phi) is 19.5. The Morgan fingerprint density at radius 3 is 1.94 bits per heavy atom. The molecule has 33 heavy (non-hydrogen) atoms. The predicted octanol–water partition coefficient (Wildman–Crippen LogP) is 1.43. The summed E-state index contributed by atoms with van der Waals surface area (Å²) in [5, 5.41) is 9.89. The van der Waals surface area contributed by atoms with Gasteiger partial charge in [-0.15, -0.1) is 0 Å². The molecule has 0 aliphatic carbocycles. The number of allylic oxidation sites excluding steroid dienone is 1. The summed E-state index contributed by atoms with van der Waals surface area (Å²) in [6, 6.07) is 0. The zero-order chi connectivity index (χ0) is 24.9. The molecule has 0 bridgehead atoms. The van der Waals surface area contributed by atoms with Gasteiger partial charge in [-0.25, -0.2) is 4.79 Å². The third-order valence-electron chi connectivity index (χ3n) is 4.18. The molecule has 0 rings (SSSR count). The van der Waals surface area contributed by atoms with Crippen molar-refractivity contribution in [2.24, 2.45) is 5.92 Å². The first-order valence-corrected chi connectivity index (χ1v) is 10.6. The fourth-order valence-electron chi connectivity index (χ4n) is 2.24. The molecular formula is C23H38O10. The Hall–Kier alpha value is -1.92. The summed E-state index contributed by atoms with van der Waals surface area (Å²) in [6.45, 7) is 8.05. The highest BCUT2D eigenvalue weighted by molar-refractivity contribution is 5.92. The Balaban J connectivity index is 5.01. The Bertz CT molecular complexity index is 588. The quantitative estimate of drug-likeness (QED) is 0.0860. The van der Waals surface area contributed by atoms with E-state index in [1.165, 1.54) is 30.4 Å². The molecule has 0 saturated carbocycles. The Labute approximate surface area is 196 Å². The first kappa shape index (κ1) is 31.1. The third-order valence-corrected chi connectivity index (χ3v) is 4.18. The number of aliphatic hydroxyl groups is 1. The molecule has 0 fully saturated rings. The maximum absolute atomic E-state index is 12.7. The minimum atomic E-state index is -0.865. The number of hydrogen-bond acceptors (Lipinski definition) is 10. The van der Waals surface area contributed by atoms with Crippen LogP contribution in [-0.4, -0.2) is 96.0 Å². The number of carbonyl (C=O) groups excluding carboxylic acids is 2. The van der Waals surface area contributed by atoms with E-state index < -0.39 is 30.2 Å². The topological polar surface area (TPSA) is 119 Å². The van der Waals surface area contributed by atoms with Crippen LogP contribution in [0.2, 0.25) is 0 Å². The van der Waals surface area contributed by atoms with E-state index in [2.05, 4.69) is 6.58 Å². The molecule has 4 atom stereocenters. The van der Waals surface area contributed by atoms with E-state index in [9.17, 15) is 14.7 Å². The summed E-state index contributed by atoms with van der Waals surface area (Å²) in [7, 11) is 3.11. The number of rotatable bonds is 21. The van der Waals surface area contributed by atoms with Gasteiger partial charge >= 0.3 is 5.97 Å². The average molecular weight is 475 g/mol. The molecule has 0 aromatic rings. The number of hydrogen-bond donors (Lipinski definition) is 1. The van der Waals surface area contributed by atoms with Crippen LogP contribution in [0.15, 0.2) is 37.0 Å². The predicted molar refractivity (Wildman–Crippen MR) is 120 cm³/mol. The molecule has 0 saturated heterocycles. The highest BCUT2D eigenvalue weighted by Gasteiger charge is 2.22. The van der Waals surface area contributed by atoms with Gasteiger partial charge in [-0.05, 0) is 25.2 Å². The highest BCUT2D eigenvalue weighted by atomic mass is 16.7. The van der Waals surface area contributed by atoms with Gasteiger partial charge in [-0.1, -0.05) is 19.6 Å². The number of methoxy groups -OCH3 is 2. The summed E-state index contributed by atoms with van der Waals surface area (Å²) in [5.41, 5.74) is 0. The van der Waals surface area contributed by atoms with E-state index in [0.29, 0.717) is 26.4 Å². The van der Waals surface area contributed by atoms with Gasteiger partial charge in [0.1, 0.15) is 26.3 Å². The van der Waals surface area contributed by atoms with E-state index in [4.69, 9.17) is 33.2 Å². The molecular weight excluding hydrogens is 436 g/mol. The fourth-order valence-corrected chi connectivity index (χ4v) is 2.24. The minimum absolute atomic E-state index is 0.0624. The fraction of sp³-hybridized carbons (Fsp3) is 0.652. The number of ketones is 1. The van der Waals surface area contributed by atoms with Crippen LogP contribution in [0, 0.1) is 5.92 Å². The minimum Gasteiger partial charge on any atom is -0.458 e. The zero-order valence-corrected chi connectivity index (χ0v) is 20.0. The molecule has 0 aliphatic heterocycles. The summed E-state index contributed by atoms with van der Waals surface area (Å²) in [5.74, 6) is -1.55. The van der Waals surface area contributed by atoms with Gasteiger partial charge in [0, 0.05) is 26.2 Å². The maximum atomic E-state index is 12.7. The van der Waals surface area contributed by atoms with Crippen molar-refractivity contribution in [3.8, 4) is 0 Å². The molecule has 10 heteroatoms. The lowest BCUT2D eigenvalue weighted by Crippen LogP contribution is -2.29. The molecule has 0 unspecified atom stereocenters. The maximum Gasteiger partial charge on any atom is 0.330 e. The normalized spacial score (nSPS) is 15.4. The average Bonchev–Trinajstić information content (AvgIpc) is 2.80. The van der Waals surface area contributed by atoms with Crippen LogP contribution >= 0.6 is 0 Å². The first-order valence-electron chi connectivity index (χ1n) is 10.6. The van der Waals surface area contributed by atoms with Gasteiger partial charge in [0.2, 0.25) is 0 Å². The summed E-state index contributed by atoms with van der Waals surface area (Å²) in [6.07, 6.45) is 4.47. The molecule has 0 amide bonds. The van der Waals surface area contributed by atoms with E-state index in [1.807, 2.05) is 0 Å². The SMILES string of the molecule is C=CCOC(=O)/C=C/[C@@H](OCOCCOC)[C@H](C)C(=O)/C=C/[C@@H](OCOCCOC)[C@H](C)O. The highest BCUT2D eigenvalue weighted by Crippen LogP contribution is 2.13. The standard InChI is InChI=1S/C23H38O10/c1-6-11-31-23(26)10-9-21(32-16-29-14-12-27-4)18(2)20(25)7-8-22(19(3)24)33-17-30-15-13-28-5/h6-10,18-19,21-22,24H,1,11-17H2,2-5H3/b8-7+,10-9+/t18-,19+,21-,22-/m1/s1. The Morgan fingerprint density at radius 1 is 0.879 bits per heavy atom. The largest absolute Gasteiger partial charge is 0.458 e. The second kappa shape index (κ2) is 20.7. The monoisotopic (exact) mass is 474 g/mol. The van der Waals surface area contributed by atoms with Crippen molar-refractivity contribution < 1.29 is 47.9 Å².